The molecule has 0 aliphatic carbocycles. The van der Waals surface area contributed by atoms with Gasteiger partial charge in [0.05, 0.1) is 23.8 Å². The lowest BCUT2D eigenvalue weighted by Crippen LogP contribution is -2.42. The smallest absolute Gasteiger partial charge is 0.327 e. The zero-order valence-electron chi connectivity index (χ0n) is 15.7. The molecule has 10 heteroatoms. The standard InChI is InChI=1S/C17H23N3O6S/c1-5-26-14(22)10-20-16(23)17(2,11-21)15(18-20)12-6-8-13(9-7-12)27(24,25)19(3)4/h6-9,21H,5,10-11H2,1-4H3. The summed E-state index contributed by atoms with van der Waals surface area (Å²) < 4.78 is 30.3. The van der Waals surface area contributed by atoms with Crippen molar-refractivity contribution in [2.75, 3.05) is 33.9 Å². The van der Waals surface area contributed by atoms with Crippen LogP contribution in [0.25, 0.3) is 0 Å². The van der Waals surface area contributed by atoms with Gasteiger partial charge in [-0.1, -0.05) is 12.1 Å². The van der Waals surface area contributed by atoms with Gasteiger partial charge in [-0.15, -0.1) is 0 Å². The molecule has 2 rings (SSSR count). The Kier molecular flexibility index (Phi) is 6.03. The summed E-state index contributed by atoms with van der Waals surface area (Å²) in [6.07, 6.45) is 0. The summed E-state index contributed by atoms with van der Waals surface area (Å²) in [5.41, 5.74) is -0.605. The van der Waals surface area contributed by atoms with Crippen LogP contribution in [0.1, 0.15) is 19.4 Å². The van der Waals surface area contributed by atoms with Crippen LogP contribution in [0.4, 0.5) is 0 Å². The zero-order chi connectivity index (χ0) is 20.4. The van der Waals surface area contributed by atoms with Crippen LogP contribution in [0, 0.1) is 5.41 Å². The van der Waals surface area contributed by atoms with Crippen LogP contribution in [-0.2, 0) is 24.3 Å². The maximum absolute atomic E-state index is 12.6. The summed E-state index contributed by atoms with van der Waals surface area (Å²) in [5, 5.41) is 15.0. The minimum absolute atomic E-state index is 0.0928. The Labute approximate surface area is 158 Å². The predicted molar refractivity (Wildman–Crippen MR) is 97.4 cm³/mol. The largest absolute Gasteiger partial charge is 0.465 e. The van der Waals surface area contributed by atoms with E-state index in [2.05, 4.69) is 5.10 Å². The highest BCUT2D eigenvalue weighted by molar-refractivity contribution is 7.89. The third-order valence-electron chi connectivity index (χ3n) is 4.26. The van der Waals surface area contributed by atoms with Gasteiger partial charge in [0.1, 0.15) is 12.0 Å². The van der Waals surface area contributed by atoms with E-state index in [-0.39, 0.29) is 23.8 Å². The van der Waals surface area contributed by atoms with Gasteiger partial charge >= 0.3 is 5.97 Å². The minimum Gasteiger partial charge on any atom is -0.465 e. The molecule has 0 bridgehead atoms. The van der Waals surface area contributed by atoms with E-state index >= 15 is 0 Å². The number of nitrogens with zero attached hydrogens (tertiary/aromatic N) is 3. The van der Waals surface area contributed by atoms with Gasteiger partial charge in [0.15, 0.2) is 0 Å². The number of amides is 1. The van der Waals surface area contributed by atoms with Gasteiger partial charge in [0, 0.05) is 14.1 Å². The quantitative estimate of drug-likeness (QED) is 0.650. The molecule has 0 aromatic heterocycles. The molecule has 27 heavy (non-hydrogen) atoms. The molecule has 0 spiro atoms. The van der Waals surface area contributed by atoms with E-state index in [1.165, 1.54) is 45.3 Å². The summed E-state index contributed by atoms with van der Waals surface area (Å²) in [5.74, 6) is -1.14. The van der Waals surface area contributed by atoms with Crippen molar-refractivity contribution in [3.05, 3.63) is 29.8 Å². The van der Waals surface area contributed by atoms with Crippen molar-refractivity contribution in [2.24, 2.45) is 10.5 Å². The monoisotopic (exact) mass is 397 g/mol. The molecule has 1 aromatic carbocycles. The molecular weight excluding hydrogens is 374 g/mol. The third kappa shape index (κ3) is 3.87. The normalized spacial score (nSPS) is 20.1. The molecule has 1 atom stereocenters. The van der Waals surface area contributed by atoms with E-state index in [9.17, 15) is 23.1 Å². The first-order valence-electron chi connectivity index (χ1n) is 8.28. The Morgan fingerprint density at radius 3 is 2.37 bits per heavy atom. The van der Waals surface area contributed by atoms with Crippen molar-refractivity contribution in [2.45, 2.75) is 18.7 Å². The maximum Gasteiger partial charge on any atom is 0.327 e. The molecule has 1 aliphatic heterocycles. The van der Waals surface area contributed by atoms with Crippen molar-refractivity contribution >= 4 is 27.6 Å². The fourth-order valence-electron chi connectivity index (χ4n) is 2.61. The molecule has 0 fully saturated rings. The van der Waals surface area contributed by atoms with E-state index in [1.54, 1.807) is 6.92 Å². The molecule has 1 aromatic rings. The number of aliphatic hydroxyl groups excluding tert-OH is 1. The first kappa shape index (κ1) is 21.0. The maximum atomic E-state index is 12.6. The van der Waals surface area contributed by atoms with Crippen molar-refractivity contribution in [1.29, 1.82) is 0 Å². The number of carbonyl (C=O) groups is 2. The molecule has 0 saturated heterocycles. The Bertz CT molecular complexity index is 863. The topological polar surface area (TPSA) is 117 Å². The molecule has 1 unspecified atom stereocenters. The van der Waals surface area contributed by atoms with E-state index < -0.39 is 33.9 Å². The van der Waals surface area contributed by atoms with Crippen LogP contribution < -0.4 is 0 Å². The SMILES string of the molecule is CCOC(=O)CN1N=C(c2ccc(S(=O)(=O)N(C)C)cc2)C(C)(CO)C1=O. The summed E-state index contributed by atoms with van der Waals surface area (Å²) >= 11 is 0. The Balaban J connectivity index is 2.39. The van der Waals surface area contributed by atoms with Crippen LogP contribution in [0.2, 0.25) is 0 Å². The molecular formula is C17H23N3O6S. The van der Waals surface area contributed by atoms with Crippen molar-refractivity contribution < 1.29 is 27.9 Å². The van der Waals surface area contributed by atoms with E-state index in [0.29, 0.717) is 5.56 Å². The number of hydrogen-bond acceptors (Lipinski definition) is 7. The van der Waals surface area contributed by atoms with Crippen molar-refractivity contribution in [3.63, 3.8) is 0 Å². The van der Waals surface area contributed by atoms with Gasteiger partial charge in [0.2, 0.25) is 10.0 Å². The molecule has 0 radical (unpaired) electrons. The number of hydrogen-bond donors (Lipinski definition) is 1. The van der Waals surface area contributed by atoms with Gasteiger partial charge in [-0.3, -0.25) is 9.59 Å². The average Bonchev–Trinajstić information content (AvgIpc) is 2.87. The van der Waals surface area contributed by atoms with Gasteiger partial charge in [-0.25, -0.2) is 17.7 Å². The van der Waals surface area contributed by atoms with Crippen molar-refractivity contribution in [1.82, 2.24) is 9.31 Å². The lowest BCUT2D eigenvalue weighted by Gasteiger charge is -2.22. The first-order chi connectivity index (χ1) is 12.6. The van der Waals surface area contributed by atoms with Gasteiger partial charge < -0.3 is 9.84 Å². The Morgan fingerprint density at radius 1 is 1.30 bits per heavy atom. The fraction of sp³-hybridized carbons (Fsp3) is 0.471. The Hall–Kier alpha value is -2.30. The van der Waals surface area contributed by atoms with Gasteiger partial charge in [-0.05, 0) is 31.5 Å². The van der Waals surface area contributed by atoms with Crippen LogP contribution in [-0.4, -0.2) is 74.3 Å². The van der Waals surface area contributed by atoms with Gasteiger partial charge in [0.25, 0.3) is 5.91 Å². The molecule has 9 nitrogen and oxygen atoms in total. The second-order valence-corrected chi connectivity index (χ2v) is 8.57. The number of rotatable bonds is 7. The number of sulfonamides is 1. The molecule has 0 saturated carbocycles. The van der Waals surface area contributed by atoms with Crippen LogP contribution in [0.15, 0.2) is 34.3 Å². The molecule has 148 valence electrons. The minimum atomic E-state index is -3.59. The zero-order valence-corrected chi connectivity index (χ0v) is 16.5. The molecule has 1 aliphatic rings. The molecule has 1 amide bonds. The highest BCUT2D eigenvalue weighted by atomic mass is 32.2. The summed E-state index contributed by atoms with van der Waals surface area (Å²) in [6.45, 7) is 2.47. The van der Waals surface area contributed by atoms with Crippen LogP contribution in [0.3, 0.4) is 0 Å². The molecule has 1 N–H and O–H groups in total. The van der Waals surface area contributed by atoms with Crippen LogP contribution in [0.5, 0.6) is 0 Å². The van der Waals surface area contributed by atoms with Crippen LogP contribution >= 0.6 is 0 Å². The lowest BCUT2D eigenvalue weighted by molar-refractivity contribution is -0.150. The number of ether oxygens (including phenoxy) is 1. The number of esters is 1. The van der Waals surface area contributed by atoms with Crippen molar-refractivity contribution in [3.8, 4) is 0 Å². The fourth-order valence-corrected chi connectivity index (χ4v) is 3.51. The second kappa shape index (κ2) is 7.75. The number of aliphatic hydroxyl groups is 1. The van der Waals surface area contributed by atoms with E-state index in [1.807, 2.05) is 0 Å². The van der Waals surface area contributed by atoms with E-state index in [0.717, 1.165) is 9.31 Å². The molecule has 1 heterocycles. The Morgan fingerprint density at radius 2 is 1.89 bits per heavy atom. The lowest BCUT2D eigenvalue weighted by atomic mass is 9.82. The van der Waals surface area contributed by atoms with Gasteiger partial charge in [-0.2, -0.15) is 5.10 Å². The number of carbonyl (C=O) groups excluding carboxylic acids is 2. The summed E-state index contributed by atoms with van der Waals surface area (Å²) in [6, 6.07) is 5.85. The number of hydrazone groups is 1. The second-order valence-electron chi connectivity index (χ2n) is 6.42. The highest BCUT2D eigenvalue weighted by Gasteiger charge is 2.48. The summed E-state index contributed by atoms with van der Waals surface area (Å²) in [4.78, 5) is 24.4. The van der Waals surface area contributed by atoms with E-state index in [4.69, 9.17) is 4.74 Å². The predicted octanol–water partition coefficient (Wildman–Crippen LogP) is 0.0449. The highest BCUT2D eigenvalue weighted by Crippen LogP contribution is 2.32. The summed E-state index contributed by atoms with van der Waals surface area (Å²) in [7, 11) is -0.730. The number of benzene rings is 1. The third-order valence-corrected chi connectivity index (χ3v) is 6.09. The average molecular weight is 397 g/mol. The first-order valence-corrected chi connectivity index (χ1v) is 9.72.